The van der Waals surface area contributed by atoms with Gasteiger partial charge in [0.1, 0.15) is 5.69 Å². The van der Waals surface area contributed by atoms with Gasteiger partial charge in [0.05, 0.1) is 28.9 Å². The van der Waals surface area contributed by atoms with E-state index >= 15 is 0 Å². The zero-order chi connectivity index (χ0) is 27.7. The largest absolute Gasteiger partial charge is 0.439 e. The quantitative estimate of drug-likeness (QED) is 0.216. The first-order chi connectivity index (χ1) is 18.6. The topological polar surface area (TPSA) is 133 Å². The van der Waals surface area contributed by atoms with Crippen LogP contribution < -0.4 is 16.4 Å². The molecule has 9 nitrogen and oxygen atoms in total. The Morgan fingerprint density at radius 2 is 1.74 bits per heavy atom. The van der Waals surface area contributed by atoms with Gasteiger partial charge in [0, 0.05) is 16.0 Å². The summed E-state index contributed by atoms with van der Waals surface area (Å²) in [4.78, 5) is 42.5. The normalized spacial score (nSPS) is 11.5. The Bertz CT molecular complexity index is 1770. The van der Waals surface area contributed by atoms with E-state index in [0.717, 1.165) is 6.07 Å². The Hall–Kier alpha value is -4.84. The number of nitrogens with zero attached hydrogens (tertiary/aromatic N) is 1. The fourth-order valence-corrected chi connectivity index (χ4v) is 4.23. The Kier molecular flexibility index (Phi) is 6.71. The number of benzene rings is 3. The number of amides is 2. The summed E-state index contributed by atoms with van der Waals surface area (Å²) in [6.07, 6.45) is -5.09. The van der Waals surface area contributed by atoms with Crippen LogP contribution in [0.4, 0.5) is 24.5 Å². The molecule has 39 heavy (non-hydrogen) atoms. The lowest BCUT2D eigenvalue weighted by Gasteiger charge is -2.13. The minimum Gasteiger partial charge on any atom is -0.349 e. The molecule has 0 radical (unpaired) electrons. The standard InChI is InChI=1S/C26H17ClF3N5O4/c27-15-8-9-18(16(12-15)23-34-25(38)39-35-23)33-24(37)20-10-14-5-3-7-19(22(14)32-20)31-21(36)11-13-4-1-2-6-17(13)26(28,29)30/h1-10,12,32H,11H2,(H,31,36)(H,33,37)(H,34,35,38). The molecule has 0 aliphatic carbocycles. The fourth-order valence-electron chi connectivity index (χ4n) is 4.06. The number of aromatic amines is 2. The van der Waals surface area contributed by atoms with Crippen LogP contribution in [0.3, 0.4) is 0 Å². The molecular formula is C26H17ClF3N5O4. The van der Waals surface area contributed by atoms with Crippen LogP contribution in [0.25, 0.3) is 22.3 Å². The van der Waals surface area contributed by atoms with E-state index in [0.29, 0.717) is 21.5 Å². The van der Waals surface area contributed by atoms with Gasteiger partial charge in [-0.15, -0.1) is 0 Å². The van der Waals surface area contributed by atoms with Gasteiger partial charge in [0.25, 0.3) is 5.91 Å². The van der Waals surface area contributed by atoms with Gasteiger partial charge in [-0.3, -0.25) is 19.1 Å². The van der Waals surface area contributed by atoms with Crippen LogP contribution in [0.15, 0.2) is 76.0 Å². The van der Waals surface area contributed by atoms with Crippen molar-refractivity contribution in [3.05, 3.63) is 99.1 Å². The van der Waals surface area contributed by atoms with Crippen LogP contribution >= 0.6 is 11.6 Å². The molecule has 0 atom stereocenters. The van der Waals surface area contributed by atoms with Gasteiger partial charge in [0.2, 0.25) is 5.91 Å². The Balaban J connectivity index is 1.38. The first-order valence-electron chi connectivity index (χ1n) is 11.3. The number of hydrogen-bond donors (Lipinski definition) is 4. The summed E-state index contributed by atoms with van der Waals surface area (Å²) in [7, 11) is 0. The number of nitrogens with one attached hydrogen (secondary N) is 4. The summed E-state index contributed by atoms with van der Waals surface area (Å²) >= 11 is 6.06. The molecule has 3 aromatic carbocycles. The Morgan fingerprint density at radius 1 is 0.949 bits per heavy atom. The number of hydrogen-bond acceptors (Lipinski definition) is 5. The SMILES string of the molecule is O=C(Cc1ccccc1C(F)(F)F)Nc1cccc2cc(C(=O)Nc3ccc(Cl)cc3-c3noc(=O)[nH]3)[nH]c12. The number of aromatic nitrogens is 3. The van der Waals surface area contributed by atoms with E-state index in [1.807, 2.05) is 0 Å². The maximum atomic E-state index is 13.3. The maximum absolute atomic E-state index is 13.3. The van der Waals surface area contributed by atoms with E-state index in [1.54, 1.807) is 24.3 Å². The maximum Gasteiger partial charge on any atom is 0.439 e. The van der Waals surface area contributed by atoms with E-state index in [4.69, 9.17) is 11.6 Å². The number of halogens is 4. The van der Waals surface area contributed by atoms with Crippen molar-refractivity contribution in [2.24, 2.45) is 0 Å². The third kappa shape index (κ3) is 5.55. The Morgan fingerprint density at radius 3 is 2.49 bits per heavy atom. The number of anilines is 2. The summed E-state index contributed by atoms with van der Waals surface area (Å²) in [5.41, 5.74) is 0.366. The van der Waals surface area contributed by atoms with Gasteiger partial charge in [-0.25, -0.2) is 4.79 Å². The molecule has 0 unspecified atom stereocenters. The van der Waals surface area contributed by atoms with E-state index in [-0.39, 0.29) is 28.5 Å². The minimum atomic E-state index is -4.59. The molecule has 5 rings (SSSR count). The molecule has 198 valence electrons. The van der Waals surface area contributed by atoms with Crippen LogP contribution in [0.5, 0.6) is 0 Å². The van der Waals surface area contributed by atoms with Gasteiger partial charge in [-0.2, -0.15) is 13.2 Å². The number of carbonyl (C=O) groups excluding carboxylic acids is 2. The van der Waals surface area contributed by atoms with Crippen LogP contribution in [0.1, 0.15) is 21.6 Å². The van der Waals surface area contributed by atoms with E-state index in [2.05, 4.69) is 30.3 Å². The van der Waals surface area contributed by atoms with Gasteiger partial charge >= 0.3 is 11.9 Å². The molecular weight excluding hydrogens is 539 g/mol. The summed E-state index contributed by atoms with van der Waals surface area (Å²) in [5, 5.41) is 9.86. The average Bonchev–Trinajstić information content (AvgIpc) is 3.52. The van der Waals surface area contributed by atoms with Crippen LogP contribution in [0, 0.1) is 0 Å². The molecule has 2 aromatic heterocycles. The minimum absolute atomic E-state index is 0.0616. The number of para-hydroxylation sites is 1. The molecule has 2 amide bonds. The highest BCUT2D eigenvalue weighted by atomic mass is 35.5. The fraction of sp³-hybridized carbons (Fsp3) is 0.0769. The Labute approximate surface area is 222 Å². The van der Waals surface area contributed by atoms with Crippen molar-refractivity contribution in [3.8, 4) is 11.4 Å². The van der Waals surface area contributed by atoms with Crippen molar-refractivity contribution in [1.82, 2.24) is 15.1 Å². The highest BCUT2D eigenvalue weighted by molar-refractivity contribution is 6.31. The molecule has 0 aliphatic rings. The summed E-state index contributed by atoms with van der Waals surface area (Å²) in [5.74, 6) is -1.94. The molecule has 2 heterocycles. The predicted molar refractivity (Wildman–Crippen MR) is 138 cm³/mol. The van der Waals surface area contributed by atoms with Crippen molar-refractivity contribution < 1.29 is 27.3 Å². The molecule has 13 heteroatoms. The second-order valence-corrected chi connectivity index (χ2v) is 8.86. The second-order valence-electron chi connectivity index (χ2n) is 8.42. The van der Waals surface area contributed by atoms with Gasteiger partial charge in [-0.1, -0.05) is 47.1 Å². The van der Waals surface area contributed by atoms with Crippen molar-refractivity contribution in [2.45, 2.75) is 12.6 Å². The van der Waals surface area contributed by atoms with E-state index < -0.39 is 35.7 Å². The first-order valence-corrected chi connectivity index (χ1v) is 11.7. The zero-order valence-corrected chi connectivity index (χ0v) is 20.4. The van der Waals surface area contributed by atoms with Crippen molar-refractivity contribution in [1.29, 1.82) is 0 Å². The summed E-state index contributed by atoms with van der Waals surface area (Å²) in [6, 6.07) is 15.9. The number of rotatable bonds is 6. The highest BCUT2D eigenvalue weighted by Crippen LogP contribution is 2.33. The van der Waals surface area contributed by atoms with E-state index in [1.165, 1.54) is 36.4 Å². The number of fused-ring (bicyclic) bond motifs is 1. The van der Waals surface area contributed by atoms with Crippen LogP contribution in [-0.2, 0) is 17.4 Å². The average molecular weight is 556 g/mol. The number of alkyl halides is 3. The highest BCUT2D eigenvalue weighted by Gasteiger charge is 2.33. The summed E-state index contributed by atoms with van der Waals surface area (Å²) in [6.45, 7) is 0. The lowest BCUT2D eigenvalue weighted by atomic mass is 10.0. The zero-order valence-electron chi connectivity index (χ0n) is 19.7. The van der Waals surface area contributed by atoms with Crippen LogP contribution in [0.2, 0.25) is 5.02 Å². The number of carbonyl (C=O) groups is 2. The first kappa shape index (κ1) is 25.8. The molecule has 4 N–H and O–H groups in total. The number of H-pyrrole nitrogens is 2. The van der Waals surface area contributed by atoms with E-state index in [9.17, 15) is 27.6 Å². The van der Waals surface area contributed by atoms with Crippen molar-refractivity contribution in [2.75, 3.05) is 10.6 Å². The van der Waals surface area contributed by atoms with Gasteiger partial charge in [0.15, 0.2) is 5.82 Å². The smallest absolute Gasteiger partial charge is 0.349 e. The molecule has 0 saturated heterocycles. The molecule has 0 aliphatic heterocycles. The lowest BCUT2D eigenvalue weighted by molar-refractivity contribution is -0.138. The van der Waals surface area contributed by atoms with Crippen LogP contribution in [-0.4, -0.2) is 26.9 Å². The third-order valence-electron chi connectivity index (χ3n) is 5.77. The third-order valence-corrected chi connectivity index (χ3v) is 6.01. The van der Waals surface area contributed by atoms with Crippen molar-refractivity contribution >= 4 is 45.7 Å². The molecule has 0 saturated carbocycles. The van der Waals surface area contributed by atoms with Gasteiger partial charge in [-0.05, 0) is 42.0 Å². The molecule has 5 aromatic rings. The summed E-state index contributed by atoms with van der Waals surface area (Å²) < 4.78 is 44.5. The second kappa shape index (κ2) is 10.1. The molecule has 0 bridgehead atoms. The monoisotopic (exact) mass is 555 g/mol. The van der Waals surface area contributed by atoms with Crippen molar-refractivity contribution in [3.63, 3.8) is 0 Å². The molecule has 0 fully saturated rings. The molecule has 0 spiro atoms. The predicted octanol–water partition coefficient (Wildman–Crippen LogP) is 5.62. The van der Waals surface area contributed by atoms with Gasteiger partial charge < -0.3 is 15.6 Å². The lowest BCUT2D eigenvalue weighted by Crippen LogP contribution is -2.18.